The molecule has 0 saturated carbocycles. The molecular formula is C24H21ClN2O7. The first-order valence-corrected chi connectivity index (χ1v) is 10.8. The van der Waals surface area contributed by atoms with E-state index in [1.54, 1.807) is 18.3 Å². The molecule has 0 radical (unpaired) electrons. The first-order valence-electron chi connectivity index (χ1n) is 10.5. The third-order valence-corrected chi connectivity index (χ3v) is 5.73. The van der Waals surface area contributed by atoms with E-state index in [4.69, 9.17) is 20.8 Å². The molecular weight excluding hydrogens is 464 g/mol. The number of fused-ring (bicyclic) bond motifs is 2. The molecule has 9 nitrogen and oxygen atoms in total. The van der Waals surface area contributed by atoms with E-state index in [9.17, 15) is 24.6 Å². The predicted molar refractivity (Wildman–Crippen MR) is 126 cm³/mol. The van der Waals surface area contributed by atoms with Crippen molar-refractivity contribution in [3.63, 3.8) is 0 Å². The molecule has 4 N–H and O–H groups in total. The molecule has 2 aromatic carbocycles. The normalized spacial score (nSPS) is 12.1. The van der Waals surface area contributed by atoms with Gasteiger partial charge in [-0.1, -0.05) is 18.5 Å². The van der Waals surface area contributed by atoms with Crippen molar-refractivity contribution in [1.29, 1.82) is 0 Å². The van der Waals surface area contributed by atoms with Crippen LogP contribution in [0.15, 0.2) is 51.8 Å². The van der Waals surface area contributed by atoms with Gasteiger partial charge in [-0.15, -0.1) is 0 Å². The molecule has 1 atom stereocenters. The monoisotopic (exact) mass is 484 g/mol. The van der Waals surface area contributed by atoms with E-state index in [1.165, 1.54) is 24.3 Å². The topological polar surface area (TPSA) is 142 Å². The zero-order chi connectivity index (χ0) is 24.4. The first kappa shape index (κ1) is 23.2. The molecule has 1 amide bonds. The summed E-state index contributed by atoms with van der Waals surface area (Å²) in [5.41, 5.74) is 1.89. The van der Waals surface area contributed by atoms with Crippen LogP contribution in [0.1, 0.15) is 18.1 Å². The molecule has 2 aromatic heterocycles. The van der Waals surface area contributed by atoms with E-state index >= 15 is 0 Å². The molecule has 0 bridgehead atoms. The SMILES string of the molecule is CCc1cc(=O)oc2cc(OCC(=O)N[C@H](Cc3c[nH]c4ccc(O)cc34)C(=O)O)c(Cl)cc12. The fourth-order valence-corrected chi connectivity index (χ4v) is 3.98. The maximum Gasteiger partial charge on any atom is 0.336 e. The smallest absolute Gasteiger partial charge is 0.336 e. The summed E-state index contributed by atoms with van der Waals surface area (Å²) in [5.74, 6) is -1.72. The highest BCUT2D eigenvalue weighted by atomic mass is 35.5. The second kappa shape index (κ2) is 9.48. The molecule has 34 heavy (non-hydrogen) atoms. The second-order valence-electron chi connectivity index (χ2n) is 7.72. The van der Waals surface area contributed by atoms with Gasteiger partial charge in [-0.3, -0.25) is 4.79 Å². The van der Waals surface area contributed by atoms with Crippen LogP contribution in [0, 0.1) is 0 Å². The van der Waals surface area contributed by atoms with Gasteiger partial charge in [-0.25, -0.2) is 9.59 Å². The summed E-state index contributed by atoms with van der Waals surface area (Å²) in [6.07, 6.45) is 2.23. The average Bonchev–Trinajstić information content (AvgIpc) is 3.18. The highest BCUT2D eigenvalue weighted by Crippen LogP contribution is 2.31. The van der Waals surface area contributed by atoms with E-state index in [0.29, 0.717) is 22.8 Å². The van der Waals surface area contributed by atoms with Crippen molar-refractivity contribution in [1.82, 2.24) is 10.3 Å². The van der Waals surface area contributed by atoms with Gasteiger partial charge in [0.05, 0.1) is 5.02 Å². The number of rotatable bonds is 8. The van der Waals surface area contributed by atoms with Gasteiger partial charge in [0.1, 0.15) is 23.1 Å². The van der Waals surface area contributed by atoms with Crippen LogP contribution in [0.3, 0.4) is 0 Å². The van der Waals surface area contributed by atoms with E-state index in [0.717, 1.165) is 11.1 Å². The molecule has 0 unspecified atom stereocenters. The molecule has 0 spiro atoms. The molecule has 4 aromatic rings. The number of hydrogen-bond acceptors (Lipinski definition) is 6. The van der Waals surface area contributed by atoms with Crippen molar-refractivity contribution in [2.75, 3.05) is 6.61 Å². The molecule has 2 heterocycles. The number of phenols is 1. The lowest BCUT2D eigenvalue weighted by Gasteiger charge is -2.15. The summed E-state index contributed by atoms with van der Waals surface area (Å²) >= 11 is 6.28. The van der Waals surface area contributed by atoms with Crippen LogP contribution in [0.25, 0.3) is 21.9 Å². The Morgan fingerprint density at radius 3 is 2.71 bits per heavy atom. The maximum atomic E-state index is 12.4. The molecule has 0 aliphatic carbocycles. The fourth-order valence-electron chi connectivity index (χ4n) is 3.77. The number of amides is 1. The summed E-state index contributed by atoms with van der Waals surface area (Å²) in [7, 11) is 0. The van der Waals surface area contributed by atoms with Crippen molar-refractivity contribution >= 4 is 45.3 Å². The predicted octanol–water partition coefficient (Wildman–Crippen LogP) is 3.39. The number of carboxylic acids is 1. The lowest BCUT2D eigenvalue weighted by atomic mass is 10.0. The standard InChI is InChI=1S/C24H21ClN2O7/c1-2-12-6-23(30)34-20-9-21(17(25)8-16(12)20)33-11-22(29)27-19(24(31)32)5-13-10-26-18-4-3-14(28)7-15(13)18/h3-4,6-10,19,26,28H,2,5,11H2,1H3,(H,27,29)(H,31,32)/t19-/m1/s1. The summed E-state index contributed by atoms with van der Waals surface area (Å²) in [6.45, 7) is 1.40. The van der Waals surface area contributed by atoms with E-state index in [1.807, 2.05) is 6.92 Å². The third-order valence-electron chi connectivity index (χ3n) is 5.43. The van der Waals surface area contributed by atoms with Crippen LogP contribution >= 0.6 is 11.6 Å². The number of nitrogens with one attached hydrogen (secondary N) is 2. The number of benzene rings is 2. The van der Waals surface area contributed by atoms with Crippen LogP contribution < -0.4 is 15.7 Å². The summed E-state index contributed by atoms with van der Waals surface area (Å²) in [4.78, 5) is 39.0. The number of carbonyl (C=O) groups excluding carboxylic acids is 1. The second-order valence-corrected chi connectivity index (χ2v) is 8.13. The Labute approximate surface area is 197 Å². The van der Waals surface area contributed by atoms with Gasteiger partial charge >= 0.3 is 11.6 Å². The number of aryl methyl sites for hydroxylation is 1. The molecule has 0 aliphatic heterocycles. The summed E-state index contributed by atoms with van der Waals surface area (Å²) < 4.78 is 10.7. The highest BCUT2D eigenvalue weighted by molar-refractivity contribution is 6.32. The molecule has 4 rings (SSSR count). The van der Waals surface area contributed by atoms with E-state index in [-0.39, 0.29) is 28.5 Å². The number of aromatic hydroxyl groups is 1. The highest BCUT2D eigenvalue weighted by Gasteiger charge is 2.22. The lowest BCUT2D eigenvalue weighted by Crippen LogP contribution is -2.44. The van der Waals surface area contributed by atoms with Crippen LogP contribution in [-0.4, -0.2) is 39.7 Å². The Balaban J connectivity index is 1.47. The number of carboxylic acid groups (broad SMARTS) is 1. The zero-order valence-corrected chi connectivity index (χ0v) is 18.8. The number of phenolic OH excluding ortho intramolecular Hbond substituents is 1. The van der Waals surface area contributed by atoms with Crippen LogP contribution in [0.5, 0.6) is 11.5 Å². The van der Waals surface area contributed by atoms with E-state index < -0.39 is 30.2 Å². The number of halogens is 1. The number of ether oxygens (including phenoxy) is 1. The number of H-pyrrole nitrogens is 1. The van der Waals surface area contributed by atoms with Gasteiger partial charge in [0.25, 0.3) is 5.91 Å². The Hall–Kier alpha value is -3.98. The minimum absolute atomic E-state index is 0.00773. The first-order chi connectivity index (χ1) is 16.2. The number of aromatic amines is 1. The molecule has 0 fully saturated rings. The van der Waals surface area contributed by atoms with Gasteiger partial charge in [0.15, 0.2) is 6.61 Å². The van der Waals surface area contributed by atoms with Gasteiger partial charge in [0.2, 0.25) is 0 Å². The van der Waals surface area contributed by atoms with Crippen molar-refractivity contribution in [2.24, 2.45) is 0 Å². The van der Waals surface area contributed by atoms with Gasteiger partial charge in [-0.05, 0) is 41.8 Å². The average molecular weight is 485 g/mol. The van der Waals surface area contributed by atoms with Gasteiger partial charge in [-0.2, -0.15) is 0 Å². The van der Waals surface area contributed by atoms with Gasteiger partial charge < -0.3 is 29.7 Å². The minimum atomic E-state index is -1.23. The quantitative estimate of drug-likeness (QED) is 0.281. The molecule has 176 valence electrons. The summed E-state index contributed by atoms with van der Waals surface area (Å²) in [6, 6.07) is 7.91. The van der Waals surface area contributed by atoms with Crippen LogP contribution in [-0.2, 0) is 22.4 Å². The Morgan fingerprint density at radius 2 is 1.97 bits per heavy atom. The zero-order valence-electron chi connectivity index (χ0n) is 18.1. The fraction of sp³-hybridized carbons (Fsp3) is 0.208. The van der Waals surface area contributed by atoms with Crippen molar-refractivity contribution in [3.05, 3.63) is 69.2 Å². The Morgan fingerprint density at radius 1 is 1.18 bits per heavy atom. The van der Waals surface area contributed by atoms with Crippen LogP contribution in [0.2, 0.25) is 5.02 Å². The van der Waals surface area contributed by atoms with Crippen LogP contribution in [0.4, 0.5) is 0 Å². The maximum absolute atomic E-state index is 12.4. The van der Waals surface area contributed by atoms with Gasteiger partial charge in [0, 0.05) is 41.0 Å². The Bertz CT molecular complexity index is 1460. The van der Waals surface area contributed by atoms with E-state index in [2.05, 4.69) is 10.3 Å². The van der Waals surface area contributed by atoms with Crippen molar-refractivity contribution < 1.29 is 29.0 Å². The minimum Gasteiger partial charge on any atom is -0.508 e. The number of hydrogen-bond donors (Lipinski definition) is 4. The van der Waals surface area contributed by atoms with Crippen molar-refractivity contribution in [2.45, 2.75) is 25.8 Å². The summed E-state index contributed by atoms with van der Waals surface area (Å²) in [5, 5.41) is 23.3. The number of aromatic nitrogens is 1. The molecule has 10 heteroatoms. The number of aliphatic carboxylic acids is 1. The molecule has 0 aliphatic rings. The number of carbonyl (C=O) groups is 2. The van der Waals surface area contributed by atoms with Crippen molar-refractivity contribution in [3.8, 4) is 11.5 Å². The Kier molecular flexibility index (Phi) is 6.47. The molecule has 0 saturated heterocycles. The largest absolute Gasteiger partial charge is 0.508 e. The third kappa shape index (κ3) is 4.84. The lowest BCUT2D eigenvalue weighted by molar-refractivity contribution is -0.142.